The number of nitrogens with zero attached hydrogens (tertiary/aromatic N) is 1. The van der Waals surface area contributed by atoms with Crippen molar-refractivity contribution in [2.75, 3.05) is 20.2 Å². The van der Waals surface area contributed by atoms with Crippen molar-refractivity contribution in [2.45, 2.75) is 6.92 Å². The van der Waals surface area contributed by atoms with Gasteiger partial charge in [-0.15, -0.1) is 0 Å². The lowest BCUT2D eigenvalue weighted by molar-refractivity contribution is -0.118. The van der Waals surface area contributed by atoms with Gasteiger partial charge in [0.15, 0.2) is 5.69 Å². The Morgan fingerprint density at radius 1 is 1.30 bits per heavy atom. The number of aromatic nitrogens is 2. The molecule has 7 heteroatoms. The van der Waals surface area contributed by atoms with Crippen molar-refractivity contribution in [2.24, 2.45) is 0 Å². The predicted molar refractivity (Wildman–Crippen MR) is 73.7 cm³/mol. The van der Waals surface area contributed by atoms with Crippen LogP contribution in [0.25, 0.3) is 10.9 Å². The van der Waals surface area contributed by atoms with Gasteiger partial charge in [-0.25, -0.2) is 0 Å². The van der Waals surface area contributed by atoms with Crippen molar-refractivity contribution < 1.29 is 14.3 Å². The lowest BCUT2D eigenvalue weighted by Gasteiger charge is -2.04. The molecule has 0 unspecified atom stereocenters. The van der Waals surface area contributed by atoms with Crippen molar-refractivity contribution in [3.63, 3.8) is 0 Å². The number of carbonyl (C=O) groups is 2. The standard InChI is InChI=1S/C13H16N4O3/c1-8(18)14-5-6-15-13(19)12-10-4-3-9(20-2)7-11(10)16-17-12/h3-4,7H,5-6H2,1-2H3,(H,14,18)(H,15,19)(H,16,17). The summed E-state index contributed by atoms with van der Waals surface area (Å²) in [6.07, 6.45) is 0. The minimum absolute atomic E-state index is 0.128. The average Bonchev–Trinajstić information content (AvgIpc) is 2.86. The van der Waals surface area contributed by atoms with E-state index in [0.29, 0.717) is 24.5 Å². The fourth-order valence-corrected chi connectivity index (χ4v) is 1.80. The average molecular weight is 276 g/mol. The Balaban J connectivity index is 2.05. The molecule has 0 bridgehead atoms. The van der Waals surface area contributed by atoms with Crippen LogP contribution in [0.5, 0.6) is 5.75 Å². The largest absolute Gasteiger partial charge is 0.497 e. The first-order chi connectivity index (χ1) is 9.61. The molecule has 0 aliphatic rings. The summed E-state index contributed by atoms with van der Waals surface area (Å²) in [6, 6.07) is 5.32. The molecule has 0 spiro atoms. The lowest BCUT2D eigenvalue weighted by Crippen LogP contribution is -2.33. The monoisotopic (exact) mass is 276 g/mol. The highest BCUT2D eigenvalue weighted by atomic mass is 16.5. The van der Waals surface area contributed by atoms with Gasteiger partial charge < -0.3 is 15.4 Å². The van der Waals surface area contributed by atoms with Gasteiger partial charge in [0.25, 0.3) is 5.91 Å². The zero-order chi connectivity index (χ0) is 14.5. The maximum atomic E-state index is 12.0. The van der Waals surface area contributed by atoms with Gasteiger partial charge in [0.2, 0.25) is 5.91 Å². The molecule has 1 aromatic carbocycles. The van der Waals surface area contributed by atoms with Crippen LogP contribution in [0.4, 0.5) is 0 Å². The number of aromatic amines is 1. The summed E-state index contributed by atoms with van der Waals surface area (Å²) in [4.78, 5) is 22.7. The molecule has 0 saturated carbocycles. The fraction of sp³-hybridized carbons (Fsp3) is 0.308. The van der Waals surface area contributed by atoms with E-state index in [-0.39, 0.29) is 11.8 Å². The van der Waals surface area contributed by atoms with Gasteiger partial charge in [-0.05, 0) is 12.1 Å². The van der Waals surface area contributed by atoms with E-state index >= 15 is 0 Å². The third-order valence-electron chi connectivity index (χ3n) is 2.77. The number of methoxy groups -OCH3 is 1. The third-order valence-corrected chi connectivity index (χ3v) is 2.77. The molecule has 3 N–H and O–H groups in total. The van der Waals surface area contributed by atoms with Gasteiger partial charge >= 0.3 is 0 Å². The summed E-state index contributed by atoms with van der Waals surface area (Å²) in [7, 11) is 1.58. The molecule has 0 fully saturated rings. The van der Waals surface area contributed by atoms with Crippen LogP contribution in [0.2, 0.25) is 0 Å². The molecule has 0 aliphatic heterocycles. The van der Waals surface area contributed by atoms with Crippen LogP contribution in [0.3, 0.4) is 0 Å². The van der Waals surface area contributed by atoms with E-state index < -0.39 is 0 Å². The first-order valence-electron chi connectivity index (χ1n) is 6.16. The van der Waals surface area contributed by atoms with E-state index in [0.717, 1.165) is 10.9 Å². The quantitative estimate of drug-likeness (QED) is 0.690. The minimum atomic E-state index is -0.285. The summed E-state index contributed by atoms with van der Waals surface area (Å²) < 4.78 is 5.11. The van der Waals surface area contributed by atoms with Crippen LogP contribution in [0.15, 0.2) is 18.2 Å². The lowest BCUT2D eigenvalue weighted by atomic mass is 10.2. The van der Waals surface area contributed by atoms with Gasteiger partial charge in [0, 0.05) is 31.5 Å². The molecule has 1 aromatic heterocycles. The molecule has 2 rings (SSSR count). The summed E-state index contributed by atoms with van der Waals surface area (Å²) in [5.74, 6) is 0.280. The van der Waals surface area contributed by atoms with E-state index in [1.807, 2.05) is 0 Å². The van der Waals surface area contributed by atoms with Crippen molar-refractivity contribution in [1.29, 1.82) is 0 Å². The zero-order valence-electron chi connectivity index (χ0n) is 11.3. The zero-order valence-corrected chi connectivity index (χ0v) is 11.3. The van der Waals surface area contributed by atoms with Gasteiger partial charge in [0.05, 0.1) is 12.6 Å². The molecule has 20 heavy (non-hydrogen) atoms. The Bertz CT molecular complexity index is 636. The van der Waals surface area contributed by atoms with Crippen molar-refractivity contribution in [3.05, 3.63) is 23.9 Å². The van der Waals surface area contributed by atoms with E-state index in [4.69, 9.17) is 4.74 Å². The molecule has 0 atom stereocenters. The number of carbonyl (C=O) groups excluding carboxylic acids is 2. The van der Waals surface area contributed by atoms with Crippen LogP contribution in [0.1, 0.15) is 17.4 Å². The van der Waals surface area contributed by atoms with Crippen LogP contribution in [-0.4, -0.2) is 42.2 Å². The Hall–Kier alpha value is -2.57. The Labute approximate surface area is 115 Å². The molecule has 2 amide bonds. The summed E-state index contributed by atoms with van der Waals surface area (Å²) in [6.45, 7) is 2.16. The first-order valence-corrected chi connectivity index (χ1v) is 6.16. The summed E-state index contributed by atoms with van der Waals surface area (Å²) >= 11 is 0. The molecule has 2 aromatic rings. The predicted octanol–water partition coefficient (Wildman–Crippen LogP) is 0.437. The second kappa shape index (κ2) is 6.05. The van der Waals surface area contributed by atoms with Crippen LogP contribution in [0, 0.1) is 0 Å². The van der Waals surface area contributed by atoms with Crippen molar-refractivity contribution >= 4 is 22.7 Å². The number of ether oxygens (including phenoxy) is 1. The van der Waals surface area contributed by atoms with Crippen molar-refractivity contribution in [3.8, 4) is 5.75 Å². The number of nitrogens with one attached hydrogen (secondary N) is 3. The van der Waals surface area contributed by atoms with E-state index in [9.17, 15) is 9.59 Å². The van der Waals surface area contributed by atoms with E-state index in [1.165, 1.54) is 6.92 Å². The number of fused-ring (bicyclic) bond motifs is 1. The normalized spacial score (nSPS) is 10.3. The molecule has 0 radical (unpaired) electrons. The summed E-state index contributed by atoms with van der Waals surface area (Å²) in [5.41, 5.74) is 1.06. The Morgan fingerprint density at radius 3 is 2.75 bits per heavy atom. The number of hydrogen-bond acceptors (Lipinski definition) is 4. The van der Waals surface area contributed by atoms with Gasteiger partial charge in [-0.2, -0.15) is 5.10 Å². The third kappa shape index (κ3) is 3.05. The first kappa shape index (κ1) is 13.9. The molecule has 106 valence electrons. The maximum Gasteiger partial charge on any atom is 0.272 e. The highest BCUT2D eigenvalue weighted by molar-refractivity contribution is 6.04. The SMILES string of the molecule is COc1ccc2c(C(=O)NCCNC(C)=O)n[nH]c2c1. The minimum Gasteiger partial charge on any atom is -0.497 e. The fourth-order valence-electron chi connectivity index (χ4n) is 1.80. The number of benzene rings is 1. The van der Waals surface area contributed by atoms with E-state index in [1.54, 1.807) is 25.3 Å². The number of amides is 2. The number of rotatable bonds is 5. The van der Waals surface area contributed by atoms with Gasteiger partial charge in [-0.3, -0.25) is 14.7 Å². The maximum absolute atomic E-state index is 12.0. The molecular weight excluding hydrogens is 260 g/mol. The molecule has 7 nitrogen and oxygen atoms in total. The van der Waals surface area contributed by atoms with Crippen LogP contribution >= 0.6 is 0 Å². The Kier molecular flexibility index (Phi) is 4.19. The van der Waals surface area contributed by atoms with Gasteiger partial charge in [-0.1, -0.05) is 0 Å². The summed E-state index contributed by atoms with van der Waals surface area (Å²) in [5, 5.41) is 12.8. The molecule has 0 saturated heterocycles. The van der Waals surface area contributed by atoms with E-state index in [2.05, 4.69) is 20.8 Å². The molecule has 0 aliphatic carbocycles. The van der Waals surface area contributed by atoms with Crippen LogP contribution in [-0.2, 0) is 4.79 Å². The van der Waals surface area contributed by atoms with Crippen LogP contribution < -0.4 is 15.4 Å². The van der Waals surface area contributed by atoms with Gasteiger partial charge in [0.1, 0.15) is 5.75 Å². The highest BCUT2D eigenvalue weighted by Crippen LogP contribution is 2.21. The highest BCUT2D eigenvalue weighted by Gasteiger charge is 2.13. The number of H-pyrrole nitrogens is 1. The topological polar surface area (TPSA) is 96.1 Å². The second-order valence-corrected chi connectivity index (χ2v) is 4.22. The second-order valence-electron chi connectivity index (χ2n) is 4.22. The Morgan fingerprint density at radius 2 is 2.05 bits per heavy atom. The smallest absolute Gasteiger partial charge is 0.272 e. The molecule has 1 heterocycles. The van der Waals surface area contributed by atoms with Crippen molar-refractivity contribution in [1.82, 2.24) is 20.8 Å². The number of hydrogen-bond donors (Lipinski definition) is 3. The molecular formula is C13H16N4O3.